The Labute approximate surface area is 102 Å². The summed E-state index contributed by atoms with van der Waals surface area (Å²) in [5, 5.41) is 16.7. The highest BCUT2D eigenvalue weighted by Gasteiger charge is 2.14. The third-order valence-electron chi connectivity index (χ3n) is 2.08. The van der Waals surface area contributed by atoms with E-state index in [0.29, 0.717) is 5.69 Å². The molecule has 8 heteroatoms. The maximum absolute atomic E-state index is 11.2. The summed E-state index contributed by atoms with van der Waals surface area (Å²) in [6, 6.07) is 3.38. The molecule has 0 spiro atoms. The minimum atomic E-state index is -0.616. The van der Waals surface area contributed by atoms with Gasteiger partial charge in [0.25, 0.3) is 0 Å². The van der Waals surface area contributed by atoms with Crippen molar-refractivity contribution in [2.45, 2.75) is 0 Å². The van der Waals surface area contributed by atoms with Gasteiger partial charge < -0.3 is 10.5 Å². The molecule has 2 N–H and O–H groups in total. The zero-order valence-electron chi connectivity index (χ0n) is 9.36. The number of carbonyl (C=O) groups is 1. The normalized spacial score (nSPS) is 9.78. The molecule has 0 aliphatic heterocycles. The second-order valence-electron chi connectivity index (χ2n) is 3.26. The van der Waals surface area contributed by atoms with E-state index in [1.807, 2.05) is 6.07 Å². The fourth-order valence-electron chi connectivity index (χ4n) is 1.28. The number of hydrogen-bond donors (Lipinski definition) is 1. The molecule has 0 amide bonds. The van der Waals surface area contributed by atoms with Gasteiger partial charge in [-0.1, -0.05) is 0 Å². The van der Waals surface area contributed by atoms with E-state index < -0.39 is 5.97 Å². The van der Waals surface area contributed by atoms with Gasteiger partial charge in [-0.05, 0) is 6.07 Å². The summed E-state index contributed by atoms with van der Waals surface area (Å²) in [5.74, 6) is -0.419. The molecule has 0 aromatic carbocycles. The standard InChI is InChI=1S/C10H8N6O2/c1-18-10(17)8-5-14-16(15-8)9-6(3-11)2-7(12)4-13-9/h2,4-5H,12H2,1H3. The molecule has 0 saturated heterocycles. The Balaban J connectivity index is 2.47. The molecule has 2 aromatic heterocycles. The second-order valence-corrected chi connectivity index (χ2v) is 3.26. The zero-order chi connectivity index (χ0) is 13.1. The van der Waals surface area contributed by atoms with Crippen molar-refractivity contribution in [3.8, 4) is 11.9 Å². The molecule has 90 valence electrons. The molecule has 2 heterocycles. The molecule has 0 aliphatic carbocycles. The molecule has 18 heavy (non-hydrogen) atoms. The lowest BCUT2D eigenvalue weighted by Crippen LogP contribution is -2.08. The third-order valence-corrected chi connectivity index (χ3v) is 2.08. The van der Waals surface area contributed by atoms with E-state index in [4.69, 9.17) is 11.0 Å². The topological polar surface area (TPSA) is 120 Å². The highest BCUT2D eigenvalue weighted by atomic mass is 16.5. The molecule has 0 fully saturated rings. The van der Waals surface area contributed by atoms with Crippen molar-refractivity contribution in [3.05, 3.63) is 29.7 Å². The zero-order valence-corrected chi connectivity index (χ0v) is 9.36. The Morgan fingerprint density at radius 2 is 2.33 bits per heavy atom. The quantitative estimate of drug-likeness (QED) is 0.732. The van der Waals surface area contributed by atoms with Crippen molar-refractivity contribution < 1.29 is 9.53 Å². The lowest BCUT2D eigenvalue weighted by Gasteiger charge is -2.01. The van der Waals surface area contributed by atoms with E-state index in [1.165, 1.54) is 25.6 Å². The number of nitrogen functional groups attached to an aromatic ring is 1. The van der Waals surface area contributed by atoms with Crippen LogP contribution in [0.25, 0.3) is 5.82 Å². The predicted octanol–water partition coefficient (Wildman–Crippen LogP) is -0.0972. The first kappa shape index (κ1) is 11.5. The molecule has 0 aliphatic rings. The summed E-state index contributed by atoms with van der Waals surface area (Å²) in [6.07, 6.45) is 2.60. The molecule has 0 unspecified atom stereocenters. The summed E-state index contributed by atoms with van der Waals surface area (Å²) < 4.78 is 4.50. The van der Waals surface area contributed by atoms with E-state index in [1.54, 1.807) is 0 Å². The number of anilines is 1. The van der Waals surface area contributed by atoms with Crippen LogP contribution in [0.2, 0.25) is 0 Å². The SMILES string of the molecule is COC(=O)c1cnn(-c2ncc(N)cc2C#N)n1. The fourth-order valence-corrected chi connectivity index (χ4v) is 1.28. The van der Waals surface area contributed by atoms with Crippen LogP contribution in [0.1, 0.15) is 16.1 Å². The van der Waals surface area contributed by atoms with Crippen LogP contribution in [0.4, 0.5) is 5.69 Å². The van der Waals surface area contributed by atoms with Crippen LogP contribution in [-0.2, 0) is 4.74 Å². The average Bonchev–Trinajstić information content (AvgIpc) is 2.87. The average molecular weight is 244 g/mol. The number of carbonyl (C=O) groups excluding carboxylic acids is 1. The maximum atomic E-state index is 11.2. The molecule has 8 nitrogen and oxygen atoms in total. The van der Waals surface area contributed by atoms with E-state index >= 15 is 0 Å². The molecule has 0 atom stereocenters. The van der Waals surface area contributed by atoms with Crippen LogP contribution in [0.3, 0.4) is 0 Å². The van der Waals surface area contributed by atoms with Crippen molar-refractivity contribution in [2.24, 2.45) is 0 Å². The highest BCUT2D eigenvalue weighted by molar-refractivity contribution is 5.86. The summed E-state index contributed by atoms with van der Waals surface area (Å²) >= 11 is 0. The molecular weight excluding hydrogens is 236 g/mol. The van der Waals surface area contributed by atoms with Crippen molar-refractivity contribution in [1.82, 2.24) is 20.0 Å². The van der Waals surface area contributed by atoms with E-state index in [0.717, 1.165) is 4.80 Å². The maximum Gasteiger partial charge on any atom is 0.360 e. The van der Waals surface area contributed by atoms with Gasteiger partial charge in [0.1, 0.15) is 11.6 Å². The van der Waals surface area contributed by atoms with Crippen molar-refractivity contribution >= 4 is 11.7 Å². The van der Waals surface area contributed by atoms with Crippen molar-refractivity contribution in [1.29, 1.82) is 5.26 Å². The number of nitrogens with zero attached hydrogens (tertiary/aromatic N) is 5. The Bertz CT molecular complexity index is 642. The first-order chi connectivity index (χ1) is 8.65. The summed E-state index contributed by atoms with van der Waals surface area (Å²) in [7, 11) is 1.24. The molecule has 2 rings (SSSR count). The van der Waals surface area contributed by atoms with Gasteiger partial charge in [-0.2, -0.15) is 10.4 Å². The van der Waals surface area contributed by atoms with Gasteiger partial charge >= 0.3 is 5.97 Å². The predicted molar refractivity (Wildman–Crippen MR) is 59.6 cm³/mol. The number of hydrogen-bond acceptors (Lipinski definition) is 7. The third kappa shape index (κ3) is 1.97. The van der Waals surface area contributed by atoms with Crippen LogP contribution in [0, 0.1) is 11.3 Å². The number of nitrogens with two attached hydrogens (primary N) is 1. The van der Waals surface area contributed by atoms with Crippen LogP contribution >= 0.6 is 0 Å². The van der Waals surface area contributed by atoms with E-state index in [-0.39, 0.29) is 17.1 Å². The Morgan fingerprint density at radius 1 is 1.56 bits per heavy atom. The molecular formula is C10H8N6O2. The fraction of sp³-hybridized carbons (Fsp3) is 0.100. The van der Waals surface area contributed by atoms with Gasteiger partial charge in [-0.25, -0.2) is 9.78 Å². The van der Waals surface area contributed by atoms with Crippen molar-refractivity contribution in [2.75, 3.05) is 12.8 Å². The molecule has 0 radical (unpaired) electrons. The number of ether oxygens (including phenoxy) is 1. The van der Waals surface area contributed by atoms with Gasteiger partial charge in [0, 0.05) is 0 Å². The molecule has 0 bridgehead atoms. The smallest absolute Gasteiger partial charge is 0.360 e. The van der Waals surface area contributed by atoms with Crippen molar-refractivity contribution in [3.63, 3.8) is 0 Å². The molecule has 0 saturated carbocycles. The van der Waals surface area contributed by atoms with Crippen LogP contribution in [0.5, 0.6) is 0 Å². The lowest BCUT2D eigenvalue weighted by molar-refractivity contribution is 0.0593. The van der Waals surface area contributed by atoms with Crippen LogP contribution < -0.4 is 5.73 Å². The number of methoxy groups -OCH3 is 1. The van der Waals surface area contributed by atoms with Crippen LogP contribution in [0.15, 0.2) is 18.5 Å². The van der Waals surface area contributed by atoms with Gasteiger partial charge in [0.2, 0.25) is 0 Å². The van der Waals surface area contributed by atoms with E-state index in [9.17, 15) is 4.79 Å². The monoisotopic (exact) mass is 244 g/mol. The Hall–Kier alpha value is -2.95. The van der Waals surface area contributed by atoms with Crippen LogP contribution in [-0.4, -0.2) is 33.1 Å². The van der Waals surface area contributed by atoms with Gasteiger partial charge in [0.15, 0.2) is 11.5 Å². The Kier molecular flexibility index (Phi) is 2.89. The van der Waals surface area contributed by atoms with E-state index in [2.05, 4.69) is 19.9 Å². The summed E-state index contributed by atoms with van der Waals surface area (Å²) in [5.41, 5.74) is 6.11. The van der Waals surface area contributed by atoms with Gasteiger partial charge in [-0.3, -0.25) is 0 Å². The summed E-state index contributed by atoms with van der Waals surface area (Å²) in [4.78, 5) is 16.3. The Morgan fingerprint density at radius 3 is 3.00 bits per heavy atom. The van der Waals surface area contributed by atoms with Gasteiger partial charge in [-0.15, -0.1) is 9.90 Å². The number of rotatable bonds is 2. The van der Waals surface area contributed by atoms with Gasteiger partial charge in [0.05, 0.1) is 25.2 Å². The second kappa shape index (κ2) is 4.50. The highest BCUT2D eigenvalue weighted by Crippen LogP contribution is 2.12. The first-order valence-corrected chi connectivity index (χ1v) is 4.82. The number of esters is 1. The number of pyridine rings is 1. The minimum Gasteiger partial charge on any atom is -0.464 e. The number of aromatic nitrogens is 4. The largest absolute Gasteiger partial charge is 0.464 e. The first-order valence-electron chi connectivity index (χ1n) is 4.82. The lowest BCUT2D eigenvalue weighted by atomic mass is 10.2. The number of nitriles is 1. The minimum absolute atomic E-state index is 0.0278. The molecule has 2 aromatic rings. The summed E-state index contributed by atoms with van der Waals surface area (Å²) in [6.45, 7) is 0.